The van der Waals surface area contributed by atoms with E-state index in [0.717, 1.165) is 25.3 Å². The number of aryl methyl sites for hydroxylation is 1. The van der Waals surface area contributed by atoms with Gasteiger partial charge < -0.3 is 10.1 Å². The zero-order chi connectivity index (χ0) is 11.2. The van der Waals surface area contributed by atoms with E-state index in [1.807, 2.05) is 7.05 Å². The Kier molecular flexibility index (Phi) is 4.23. The molecule has 1 aromatic rings. The van der Waals surface area contributed by atoms with E-state index in [2.05, 4.69) is 23.5 Å². The molecule has 0 fully saturated rings. The van der Waals surface area contributed by atoms with Crippen LogP contribution in [0.1, 0.15) is 30.4 Å². The second kappa shape index (κ2) is 5.90. The molecule has 88 valence electrons. The van der Waals surface area contributed by atoms with E-state index in [0.29, 0.717) is 0 Å². The molecule has 0 aromatic heterocycles. The minimum absolute atomic E-state index is 0.862. The molecule has 0 amide bonds. The van der Waals surface area contributed by atoms with Crippen molar-refractivity contribution >= 4 is 0 Å². The number of unbranched alkanes of at least 4 members (excludes halogenated alkanes) is 2. The fourth-order valence-electron chi connectivity index (χ4n) is 2.20. The van der Waals surface area contributed by atoms with Gasteiger partial charge in [-0.15, -0.1) is 0 Å². The SMILES string of the molecule is CNCCCCCc1ccc2c(c1)CCO2. The van der Waals surface area contributed by atoms with Crippen LogP contribution >= 0.6 is 0 Å². The maximum Gasteiger partial charge on any atom is 0.122 e. The number of benzene rings is 1. The molecule has 2 nitrogen and oxygen atoms in total. The second-order valence-electron chi connectivity index (χ2n) is 4.45. The van der Waals surface area contributed by atoms with E-state index >= 15 is 0 Å². The Morgan fingerprint density at radius 1 is 1.25 bits per heavy atom. The van der Waals surface area contributed by atoms with Gasteiger partial charge >= 0.3 is 0 Å². The summed E-state index contributed by atoms with van der Waals surface area (Å²) in [6, 6.07) is 6.66. The van der Waals surface area contributed by atoms with E-state index in [9.17, 15) is 0 Å². The van der Waals surface area contributed by atoms with Gasteiger partial charge in [0.05, 0.1) is 6.61 Å². The normalized spacial score (nSPS) is 13.6. The van der Waals surface area contributed by atoms with Crippen molar-refractivity contribution in [3.8, 4) is 5.75 Å². The van der Waals surface area contributed by atoms with Crippen LogP contribution in [0.25, 0.3) is 0 Å². The van der Waals surface area contributed by atoms with Crippen molar-refractivity contribution in [2.24, 2.45) is 0 Å². The van der Waals surface area contributed by atoms with Crippen LogP contribution in [0.4, 0.5) is 0 Å². The summed E-state index contributed by atoms with van der Waals surface area (Å²) in [6.45, 7) is 2.00. The Morgan fingerprint density at radius 3 is 3.06 bits per heavy atom. The highest BCUT2D eigenvalue weighted by Gasteiger charge is 2.11. The molecule has 1 heterocycles. The molecule has 2 heteroatoms. The lowest BCUT2D eigenvalue weighted by Crippen LogP contribution is -2.07. The average Bonchev–Trinajstić information content (AvgIpc) is 2.76. The Balaban J connectivity index is 1.77. The molecular formula is C14H21NO. The number of nitrogens with one attached hydrogen (secondary N) is 1. The standard InChI is InChI=1S/C14H21NO/c1-15-9-4-2-3-5-12-6-7-14-13(11-12)8-10-16-14/h6-7,11,15H,2-5,8-10H2,1H3. The van der Waals surface area contributed by atoms with E-state index in [1.165, 1.54) is 36.8 Å². The molecule has 1 aliphatic heterocycles. The summed E-state index contributed by atoms with van der Waals surface area (Å²) in [5.74, 6) is 1.10. The minimum atomic E-state index is 0.862. The van der Waals surface area contributed by atoms with Crippen LogP contribution in [0.15, 0.2) is 18.2 Å². The van der Waals surface area contributed by atoms with Gasteiger partial charge in [-0.3, -0.25) is 0 Å². The Hall–Kier alpha value is -1.02. The second-order valence-corrected chi connectivity index (χ2v) is 4.45. The van der Waals surface area contributed by atoms with Gasteiger partial charge in [0.15, 0.2) is 0 Å². The van der Waals surface area contributed by atoms with Crippen molar-refractivity contribution in [1.82, 2.24) is 5.32 Å². The number of rotatable bonds is 6. The van der Waals surface area contributed by atoms with Gasteiger partial charge in [-0.05, 0) is 50.0 Å². The Morgan fingerprint density at radius 2 is 2.19 bits per heavy atom. The summed E-state index contributed by atoms with van der Waals surface area (Å²) in [5, 5.41) is 3.18. The van der Waals surface area contributed by atoms with Crippen molar-refractivity contribution < 1.29 is 4.74 Å². The molecule has 16 heavy (non-hydrogen) atoms. The summed E-state index contributed by atoms with van der Waals surface area (Å²) in [5.41, 5.74) is 2.86. The van der Waals surface area contributed by atoms with Crippen LogP contribution in [0, 0.1) is 0 Å². The lowest BCUT2D eigenvalue weighted by Gasteiger charge is -2.04. The third kappa shape index (κ3) is 2.99. The molecule has 0 saturated carbocycles. The van der Waals surface area contributed by atoms with Gasteiger partial charge in [0.1, 0.15) is 5.75 Å². The first-order chi connectivity index (χ1) is 7.90. The zero-order valence-corrected chi connectivity index (χ0v) is 10.1. The summed E-state index contributed by atoms with van der Waals surface area (Å²) in [4.78, 5) is 0. The Bertz CT molecular complexity index is 336. The molecule has 0 atom stereocenters. The number of hydrogen-bond donors (Lipinski definition) is 1. The molecule has 0 bridgehead atoms. The first-order valence-electron chi connectivity index (χ1n) is 6.29. The predicted molar refractivity (Wildman–Crippen MR) is 67.1 cm³/mol. The maximum absolute atomic E-state index is 5.50. The molecule has 1 aromatic carbocycles. The first kappa shape index (κ1) is 11.5. The van der Waals surface area contributed by atoms with E-state index < -0.39 is 0 Å². The fraction of sp³-hybridized carbons (Fsp3) is 0.571. The number of hydrogen-bond acceptors (Lipinski definition) is 2. The molecule has 1 N–H and O–H groups in total. The van der Waals surface area contributed by atoms with Gasteiger partial charge in [0.25, 0.3) is 0 Å². The van der Waals surface area contributed by atoms with E-state index in [-0.39, 0.29) is 0 Å². The highest BCUT2D eigenvalue weighted by Crippen LogP contribution is 2.26. The fourth-order valence-corrected chi connectivity index (χ4v) is 2.20. The van der Waals surface area contributed by atoms with Gasteiger partial charge in [-0.2, -0.15) is 0 Å². The van der Waals surface area contributed by atoms with Crippen LogP contribution in [0.5, 0.6) is 5.75 Å². The molecule has 0 aliphatic carbocycles. The van der Waals surface area contributed by atoms with Crippen molar-refractivity contribution in [3.05, 3.63) is 29.3 Å². The molecule has 0 radical (unpaired) electrons. The molecule has 2 rings (SSSR count). The highest BCUT2D eigenvalue weighted by atomic mass is 16.5. The Labute approximate surface area is 98.0 Å². The van der Waals surface area contributed by atoms with Crippen LogP contribution in [0.2, 0.25) is 0 Å². The van der Waals surface area contributed by atoms with Crippen molar-refractivity contribution in [1.29, 1.82) is 0 Å². The van der Waals surface area contributed by atoms with Gasteiger partial charge in [-0.1, -0.05) is 18.6 Å². The quantitative estimate of drug-likeness (QED) is 0.742. The number of ether oxygens (including phenoxy) is 1. The van der Waals surface area contributed by atoms with Crippen molar-refractivity contribution in [2.75, 3.05) is 20.2 Å². The average molecular weight is 219 g/mol. The zero-order valence-electron chi connectivity index (χ0n) is 10.1. The van der Waals surface area contributed by atoms with E-state index in [4.69, 9.17) is 4.74 Å². The third-order valence-corrected chi connectivity index (χ3v) is 3.15. The molecule has 0 unspecified atom stereocenters. The highest BCUT2D eigenvalue weighted by molar-refractivity contribution is 5.39. The minimum Gasteiger partial charge on any atom is -0.493 e. The first-order valence-corrected chi connectivity index (χ1v) is 6.29. The molecule has 0 saturated heterocycles. The van der Waals surface area contributed by atoms with E-state index in [1.54, 1.807) is 0 Å². The topological polar surface area (TPSA) is 21.3 Å². The van der Waals surface area contributed by atoms with Crippen LogP contribution in [0.3, 0.4) is 0 Å². The van der Waals surface area contributed by atoms with Crippen molar-refractivity contribution in [3.63, 3.8) is 0 Å². The largest absolute Gasteiger partial charge is 0.493 e. The summed E-state index contributed by atoms with van der Waals surface area (Å²) < 4.78 is 5.50. The van der Waals surface area contributed by atoms with Crippen LogP contribution < -0.4 is 10.1 Å². The third-order valence-electron chi connectivity index (χ3n) is 3.15. The number of fused-ring (bicyclic) bond motifs is 1. The lowest BCUT2D eigenvalue weighted by molar-refractivity contribution is 0.357. The monoisotopic (exact) mass is 219 g/mol. The van der Waals surface area contributed by atoms with Crippen molar-refractivity contribution in [2.45, 2.75) is 32.1 Å². The summed E-state index contributed by atoms with van der Waals surface area (Å²) >= 11 is 0. The lowest BCUT2D eigenvalue weighted by atomic mass is 10.0. The van der Waals surface area contributed by atoms with Gasteiger partial charge in [0.2, 0.25) is 0 Å². The molecule has 1 aliphatic rings. The van der Waals surface area contributed by atoms with Gasteiger partial charge in [0, 0.05) is 6.42 Å². The van der Waals surface area contributed by atoms with Crippen LogP contribution in [-0.2, 0) is 12.8 Å². The maximum atomic E-state index is 5.50. The molecular weight excluding hydrogens is 198 g/mol. The summed E-state index contributed by atoms with van der Waals surface area (Å²) in [7, 11) is 2.01. The predicted octanol–water partition coefficient (Wildman–Crippen LogP) is 2.55. The summed E-state index contributed by atoms with van der Waals surface area (Å²) in [6.07, 6.45) is 6.18. The molecule has 0 spiro atoms. The van der Waals surface area contributed by atoms with Crippen LogP contribution in [-0.4, -0.2) is 20.2 Å². The smallest absolute Gasteiger partial charge is 0.122 e. The van der Waals surface area contributed by atoms with Gasteiger partial charge in [-0.25, -0.2) is 0 Å².